The molecule has 0 fully saturated rings. The second kappa shape index (κ2) is 8.46. The summed E-state index contributed by atoms with van der Waals surface area (Å²) >= 11 is 0. The van der Waals surface area contributed by atoms with E-state index < -0.39 is 0 Å². The zero-order chi connectivity index (χ0) is 20.9. The fraction of sp³-hybridized carbons (Fsp3) is 0.0455. The molecule has 9 nitrogen and oxygen atoms in total. The Hall–Kier alpha value is -4.53. The van der Waals surface area contributed by atoms with Gasteiger partial charge in [-0.1, -0.05) is 60.7 Å². The molecule has 5 aromatic rings. The molecular weight excluding hydrogens is 394 g/mol. The fourth-order valence-electron chi connectivity index (χ4n) is 2.96. The Morgan fingerprint density at radius 1 is 0.806 bits per heavy atom. The number of hydrazone groups is 1. The lowest BCUT2D eigenvalue weighted by atomic mass is 10.2. The molecule has 0 amide bonds. The van der Waals surface area contributed by atoms with E-state index in [1.165, 1.54) is 0 Å². The van der Waals surface area contributed by atoms with Crippen molar-refractivity contribution in [1.82, 2.24) is 20.3 Å². The lowest BCUT2D eigenvalue weighted by Gasteiger charge is -2.09. The zero-order valence-corrected chi connectivity index (χ0v) is 16.3. The van der Waals surface area contributed by atoms with Gasteiger partial charge in [-0.3, -0.25) is 5.43 Å². The number of aromatic nitrogens is 4. The summed E-state index contributed by atoms with van der Waals surface area (Å²) < 4.78 is 10.5. The molecule has 0 saturated carbocycles. The van der Waals surface area contributed by atoms with Crippen LogP contribution in [0.1, 0.15) is 11.3 Å². The van der Waals surface area contributed by atoms with Crippen LogP contribution in [0.25, 0.3) is 22.6 Å². The molecule has 0 unspecified atom stereocenters. The molecule has 0 atom stereocenters. The standard InChI is InChI=1S/C22H17N7O2/c1-3-7-15(8-4-1)13-23-19-20(26-22-21(25-19)28-31-29-22)27-24-14-17-11-12-18(30-17)16-9-5-2-6-10-16/h1-12,14H,13H2,(H,23,25,28)(H,26,27,29). The number of hydrogen-bond donors (Lipinski definition) is 2. The van der Waals surface area contributed by atoms with Crippen LogP contribution in [0.15, 0.2) is 86.9 Å². The Morgan fingerprint density at radius 3 is 2.29 bits per heavy atom. The first kappa shape index (κ1) is 18.5. The van der Waals surface area contributed by atoms with E-state index in [1.54, 1.807) is 6.21 Å². The quantitative estimate of drug-likeness (QED) is 0.300. The molecule has 2 aromatic carbocycles. The Kier molecular flexibility index (Phi) is 5.04. The van der Waals surface area contributed by atoms with E-state index in [2.05, 4.69) is 36.1 Å². The van der Waals surface area contributed by atoms with E-state index in [4.69, 9.17) is 9.05 Å². The SMILES string of the molecule is C(=NNc1nc2nonc2nc1NCc1ccccc1)c1ccc(-c2ccccc2)o1. The highest BCUT2D eigenvalue weighted by Crippen LogP contribution is 2.22. The van der Waals surface area contributed by atoms with Crippen LogP contribution < -0.4 is 10.7 Å². The van der Waals surface area contributed by atoms with Crippen molar-refractivity contribution < 1.29 is 9.05 Å². The van der Waals surface area contributed by atoms with Crippen LogP contribution >= 0.6 is 0 Å². The molecule has 152 valence electrons. The molecule has 0 aliphatic carbocycles. The van der Waals surface area contributed by atoms with Crippen LogP contribution in [0.4, 0.5) is 11.6 Å². The summed E-state index contributed by atoms with van der Waals surface area (Å²) in [6, 6.07) is 23.6. The topological polar surface area (TPSA) is 114 Å². The predicted molar refractivity (Wildman–Crippen MR) is 117 cm³/mol. The maximum Gasteiger partial charge on any atom is 0.245 e. The molecule has 0 aliphatic rings. The van der Waals surface area contributed by atoms with Crippen LogP contribution in [0.5, 0.6) is 0 Å². The first-order chi connectivity index (χ1) is 15.3. The van der Waals surface area contributed by atoms with E-state index in [1.807, 2.05) is 72.8 Å². The molecule has 31 heavy (non-hydrogen) atoms. The van der Waals surface area contributed by atoms with E-state index in [9.17, 15) is 0 Å². The molecule has 9 heteroatoms. The highest BCUT2D eigenvalue weighted by atomic mass is 16.6. The third-order valence-corrected chi connectivity index (χ3v) is 4.46. The summed E-state index contributed by atoms with van der Waals surface area (Å²) in [6.07, 6.45) is 1.57. The van der Waals surface area contributed by atoms with Crippen LogP contribution in [-0.2, 0) is 6.54 Å². The number of rotatable bonds is 7. The van der Waals surface area contributed by atoms with Crippen molar-refractivity contribution in [2.45, 2.75) is 6.54 Å². The summed E-state index contributed by atoms with van der Waals surface area (Å²) in [5, 5.41) is 15.0. The Morgan fingerprint density at radius 2 is 1.52 bits per heavy atom. The minimum Gasteiger partial charge on any atom is -0.455 e. The monoisotopic (exact) mass is 411 g/mol. The van der Waals surface area contributed by atoms with Gasteiger partial charge in [0.2, 0.25) is 11.3 Å². The van der Waals surface area contributed by atoms with Crippen LogP contribution in [0.2, 0.25) is 0 Å². The van der Waals surface area contributed by atoms with Gasteiger partial charge in [-0.2, -0.15) is 10.1 Å². The lowest BCUT2D eigenvalue weighted by Crippen LogP contribution is -2.06. The zero-order valence-electron chi connectivity index (χ0n) is 16.3. The van der Waals surface area contributed by atoms with Gasteiger partial charge >= 0.3 is 0 Å². The Balaban J connectivity index is 1.34. The van der Waals surface area contributed by atoms with Crippen molar-refractivity contribution in [2.75, 3.05) is 10.7 Å². The van der Waals surface area contributed by atoms with Gasteiger partial charge in [-0.15, -0.1) is 0 Å². The van der Waals surface area contributed by atoms with Crippen LogP contribution in [0, 0.1) is 0 Å². The van der Waals surface area contributed by atoms with Crippen molar-refractivity contribution in [3.05, 3.63) is 84.1 Å². The van der Waals surface area contributed by atoms with Gasteiger partial charge in [-0.25, -0.2) is 9.61 Å². The molecule has 0 spiro atoms. The largest absolute Gasteiger partial charge is 0.455 e. The first-order valence-corrected chi connectivity index (χ1v) is 9.57. The van der Waals surface area contributed by atoms with Crippen molar-refractivity contribution in [2.24, 2.45) is 5.10 Å². The highest BCUT2D eigenvalue weighted by Gasteiger charge is 2.12. The van der Waals surface area contributed by atoms with Crippen LogP contribution in [0.3, 0.4) is 0 Å². The Labute approximate surface area is 176 Å². The van der Waals surface area contributed by atoms with Gasteiger partial charge < -0.3 is 9.73 Å². The number of nitrogens with zero attached hydrogens (tertiary/aromatic N) is 5. The summed E-state index contributed by atoms with van der Waals surface area (Å²) in [4.78, 5) is 8.80. The smallest absolute Gasteiger partial charge is 0.245 e. The molecule has 0 saturated heterocycles. The third-order valence-electron chi connectivity index (χ3n) is 4.46. The third kappa shape index (κ3) is 4.25. The molecular formula is C22H17N7O2. The number of anilines is 2. The predicted octanol–water partition coefficient (Wildman–Crippen LogP) is 4.33. The fourth-order valence-corrected chi connectivity index (χ4v) is 2.96. The molecule has 2 N–H and O–H groups in total. The Bertz CT molecular complexity index is 1310. The van der Waals surface area contributed by atoms with Crippen molar-refractivity contribution >= 4 is 29.1 Å². The van der Waals surface area contributed by atoms with E-state index in [-0.39, 0.29) is 5.65 Å². The molecule has 0 radical (unpaired) electrons. The van der Waals surface area contributed by atoms with E-state index in [0.29, 0.717) is 29.6 Å². The first-order valence-electron chi connectivity index (χ1n) is 9.57. The average Bonchev–Trinajstić information content (AvgIpc) is 3.48. The molecule has 0 bridgehead atoms. The van der Waals surface area contributed by atoms with Gasteiger partial charge in [0.05, 0.1) is 6.21 Å². The number of nitrogens with one attached hydrogen (secondary N) is 2. The van der Waals surface area contributed by atoms with Gasteiger partial charge in [-0.05, 0) is 28.0 Å². The van der Waals surface area contributed by atoms with Crippen molar-refractivity contribution in [1.29, 1.82) is 0 Å². The normalized spacial score (nSPS) is 11.2. The highest BCUT2D eigenvalue weighted by molar-refractivity contribution is 5.79. The van der Waals surface area contributed by atoms with Crippen LogP contribution in [-0.4, -0.2) is 26.5 Å². The van der Waals surface area contributed by atoms with E-state index in [0.717, 1.165) is 16.9 Å². The lowest BCUT2D eigenvalue weighted by molar-refractivity contribution is 0.314. The number of benzene rings is 2. The summed E-state index contributed by atoms with van der Waals surface area (Å²) in [5.41, 5.74) is 5.58. The number of fused-ring (bicyclic) bond motifs is 1. The summed E-state index contributed by atoms with van der Waals surface area (Å²) in [6.45, 7) is 0.559. The maximum atomic E-state index is 5.82. The summed E-state index contributed by atoms with van der Waals surface area (Å²) in [7, 11) is 0. The molecule has 5 rings (SSSR count). The van der Waals surface area contributed by atoms with Crippen molar-refractivity contribution in [3.8, 4) is 11.3 Å². The van der Waals surface area contributed by atoms with Gasteiger partial charge in [0.15, 0.2) is 11.6 Å². The van der Waals surface area contributed by atoms with E-state index >= 15 is 0 Å². The minimum atomic E-state index is 0.285. The minimum absolute atomic E-state index is 0.285. The average molecular weight is 411 g/mol. The van der Waals surface area contributed by atoms with Gasteiger partial charge in [0.1, 0.15) is 11.5 Å². The van der Waals surface area contributed by atoms with Crippen molar-refractivity contribution in [3.63, 3.8) is 0 Å². The van der Waals surface area contributed by atoms with Gasteiger partial charge in [0.25, 0.3) is 0 Å². The van der Waals surface area contributed by atoms with Gasteiger partial charge in [0, 0.05) is 12.1 Å². The molecule has 0 aliphatic heterocycles. The number of hydrogen-bond acceptors (Lipinski definition) is 9. The number of furan rings is 1. The second-order valence-corrected chi connectivity index (χ2v) is 6.61. The second-order valence-electron chi connectivity index (χ2n) is 6.61. The molecule has 3 heterocycles. The maximum absolute atomic E-state index is 5.82. The molecule has 3 aromatic heterocycles. The summed E-state index contributed by atoms with van der Waals surface area (Å²) in [5.74, 6) is 2.24.